The number of halogens is 1. The van der Waals surface area contributed by atoms with Crippen molar-refractivity contribution in [3.63, 3.8) is 0 Å². The van der Waals surface area contributed by atoms with Gasteiger partial charge in [0.2, 0.25) is 0 Å². The molecule has 0 unspecified atom stereocenters. The molecule has 1 aromatic carbocycles. The minimum absolute atomic E-state index is 0.192. The topological polar surface area (TPSA) is 49.7 Å². The SMILES string of the molecule is CC(C)CCOCCC(CO)(CO)c1ccc(F)cc1. The van der Waals surface area contributed by atoms with Crippen molar-refractivity contribution in [2.45, 2.75) is 32.1 Å². The fraction of sp³-hybridized carbons (Fsp3) is 0.625. The van der Waals surface area contributed by atoms with Gasteiger partial charge < -0.3 is 14.9 Å². The summed E-state index contributed by atoms with van der Waals surface area (Å²) in [5.41, 5.74) is -0.0396. The third-order valence-electron chi connectivity index (χ3n) is 3.63. The largest absolute Gasteiger partial charge is 0.395 e. The zero-order valence-electron chi connectivity index (χ0n) is 12.3. The van der Waals surface area contributed by atoms with E-state index in [0.717, 1.165) is 12.0 Å². The molecule has 2 N–H and O–H groups in total. The van der Waals surface area contributed by atoms with Crippen LogP contribution in [0.3, 0.4) is 0 Å². The van der Waals surface area contributed by atoms with Crippen molar-refractivity contribution in [1.29, 1.82) is 0 Å². The van der Waals surface area contributed by atoms with Gasteiger partial charge in [0.15, 0.2) is 0 Å². The summed E-state index contributed by atoms with van der Waals surface area (Å²) >= 11 is 0. The highest BCUT2D eigenvalue weighted by Gasteiger charge is 2.30. The summed E-state index contributed by atoms with van der Waals surface area (Å²) in [6.07, 6.45) is 1.49. The van der Waals surface area contributed by atoms with E-state index in [4.69, 9.17) is 4.74 Å². The molecule has 0 aliphatic heterocycles. The summed E-state index contributed by atoms with van der Waals surface area (Å²) in [7, 11) is 0. The lowest BCUT2D eigenvalue weighted by atomic mass is 9.79. The monoisotopic (exact) mass is 284 g/mol. The molecule has 3 nitrogen and oxygen atoms in total. The van der Waals surface area contributed by atoms with Crippen molar-refractivity contribution in [3.8, 4) is 0 Å². The summed E-state index contributed by atoms with van der Waals surface area (Å²) in [5, 5.41) is 19.3. The Morgan fingerprint density at radius 1 is 1.10 bits per heavy atom. The molecule has 0 bridgehead atoms. The van der Waals surface area contributed by atoms with E-state index in [1.54, 1.807) is 12.1 Å². The van der Waals surface area contributed by atoms with Crippen LogP contribution in [0.1, 0.15) is 32.3 Å². The number of ether oxygens (including phenoxy) is 1. The fourth-order valence-electron chi connectivity index (χ4n) is 2.03. The molecule has 0 aliphatic carbocycles. The first-order valence-corrected chi connectivity index (χ1v) is 7.09. The Bertz CT molecular complexity index is 372. The molecule has 0 saturated heterocycles. The van der Waals surface area contributed by atoms with Crippen molar-refractivity contribution in [2.75, 3.05) is 26.4 Å². The molecule has 20 heavy (non-hydrogen) atoms. The molecule has 0 aromatic heterocycles. The molecule has 0 amide bonds. The van der Waals surface area contributed by atoms with E-state index in [9.17, 15) is 14.6 Å². The molecule has 1 rings (SSSR count). The average molecular weight is 284 g/mol. The van der Waals surface area contributed by atoms with E-state index < -0.39 is 5.41 Å². The van der Waals surface area contributed by atoms with Crippen LogP contribution >= 0.6 is 0 Å². The Morgan fingerprint density at radius 2 is 1.70 bits per heavy atom. The molecule has 0 spiro atoms. The Kier molecular flexibility index (Phi) is 7.13. The number of hydrogen-bond acceptors (Lipinski definition) is 3. The second-order valence-electron chi connectivity index (χ2n) is 5.65. The normalized spacial score (nSPS) is 12.1. The first-order valence-electron chi connectivity index (χ1n) is 7.09. The van der Waals surface area contributed by atoms with Crippen LogP contribution in [0.15, 0.2) is 24.3 Å². The van der Waals surface area contributed by atoms with Crippen molar-refractivity contribution in [3.05, 3.63) is 35.6 Å². The maximum Gasteiger partial charge on any atom is 0.123 e. The highest BCUT2D eigenvalue weighted by atomic mass is 19.1. The van der Waals surface area contributed by atoms with Gasteiger partial charge in [-0.05, 0) is 36.5 Å². The van der Waals surface area contributed by atoms with E-state index in [1.165, 1.54) is 12.1 Å². The van der Waals surface area contributed by atoms with Gasteiger partial charge in [-0.2, -0.15) is 0 Å². The van der Waals surface area contributed by atoms with Crippen molar-refractivity contribution >= 4 is 0 Å². The maximum absolute atomic E-state index is 13.0. The molecule has 114 valence electrons. The quantitative estimate of drug-likeness (QED) is 0.685. The Morgan fingerprint density at radius 3 is 2.20 bits per heavy atom. The summed E-state index contributed by atoms with van der Waals surface area (Å²) in [6, 6.07) is 5.90. The van der Waals surface area contributed by atoms with Crippen LogP contribution in [-0.4, -0.2) is 36.6 Å². The van der Waals surface area contributed by atoms with Gasteiger partial charge in [0.25, 0.3) is 0 Å². The summed E-state index contributed by atoms with van der Waals surface area (Å²) in [6.45, 7) is 5.02. The summed E-state index contributed by atoms with van der Waals surface area (Å²) in [5.74, 6) is 0.263. The average Bonchev–Trinajstić information content (AvgIpc) is 2.44. The van der Waals surface area contributed by atoms with Crippen LogP contribution in [0.25, 0.3) is 0 Å². The van der Waals surface area contributed by atoms with Crippen LogP contribution in [0.2, 0.25) is 0 Å². The van der Waals surface area contributed by atoms with E-state index in [-0.39, 0.29) is 19.0 Å². The molecule has 0 heterocycles. The third kappa shape index (κ3) is 4.85. The number of hydrogen-bond donors (Lipinski definition) is 2. The summed E-state index contributed by atoms with van der Waals surface area (Å²) < 4.78 is 18.5. The van der Waals surface area contributed by atoms with E-state index in [1.807, 2.05) is 0 Å². The minimum Gasteiger partial charge on any atom is -0.395 e. The van der Waals surface area contributed by atoms with Crippen LogP contribution in [0.4, 0.5) is 4.39 Å². The zero-order valence-corrected chi connectivity index (χ0v) is 12.3. The van der Waals surface area contributed by atoms with Gasteiger partial charge >= 0.3 is 0 Å². The first kappa shape index (κ1) is 17.1. The Balaban J connectivity index is 2.60. The highest BCUT2D eigenvalue weighted by molar-refractivity contribution is 5.26. The molecule has 0 radical (unpaired) electrons. The van der Waals surface area contributed by atoms with E-state index in [2.05, 4.69) is 13.8 Å². The van der Waals surface area contributed by atoms with Crippen molar-refractivity contribution < 1.29 is 19.3 Å². The van der Waals surface area contributed by atoms with Crippen LogP contribution in [0.5, 0.6) is 0 Å². The molecule has 1 aromatic rings. The lowest BCUT2D eigenvalue weighted by Crippen LogP contribution is -2.36. The van der Waals surface area contributed by atoms with Crippen molar-refractivity contribution in [1.82, 2.24) is 0 Å². The predicted molar refractivity (Wildman–Crippen MR) is 77.1 cm³/mol. The van der Waals surface area contributed by atoms with Gasteiger partial charge in [-0.25, -0.2) is 4.39 Å². The van der Waals surface area contributed by atoms with Gasteiger partial charge in [0.1, 0.15) is 5.82 Å². The molecule has 0 atom stereocenters. The molecule has 0 fully saturated rings. The number of aliphatic hydroxyl groups excluding tert-OH is 2. The second kappa shape index (κ2) is 8.35. The van der Waals surface area contributed by atoms with E-state index in [0.29, 0.717) is 25.6 Å². The Labute approximate surface area is 120 Å². The lowest BCUT2D eigenvalue weighted by Gasteiger charge is -2.30. The first-order chi connectivity index (χ1) is 9.54. The van der Waals surface area contributed by atoms with Gasteiger partial charge in [-0.3, -0.25) is 0 Å². The van der Waals surface area contributed by atoms with Crippen LogP contribution < -0.4 is 0 Å². The van der Waals surface area contributed by atoms with Crippen LogP contribution in [-0.2, 0) is 10.2 Å². The lowest BCUT2D eigenvalue weighted by molar-refractivity contribution is 0.0591. The fourth-order valence-corrected chi connectivity index (χ4v) is 2.03. The third-order valence-corrected chi connectivity index (χ3v) is 3.63. The molecule has 0 saturated carbocycles. The van der Waals surface area contributed by atoms with Crippen LogP contribution in [0, 0.1) is 11.7 Å². The van der Waals surface area contributed by atoms with Gasteiger partial charge in [0.05, 0.1) is 13.2 Å². The van der Waals surface area contributed by atoms with Crippen molar-refractivity contribution in [2.24, 2.45) is 5.92 Å². The zero-order chi connectivity index (χ0) is 15.0. The van der Waals surface area contributed by atoms with Gasteiger partial charge in [-0.1, -0.05) is 26.0 Å². The summed E-state index contributed by atoms with van der Waals surface area (Å²) in [4.78, 5) is 0. The molecule has 4 heteroatoms. The Hall–Kier alpha value is -0.970. The number of aliphatic hydroxyl groups is 2. The van der Waals surface area contributed by atoms with Gasteiger partial charge in [-0.15, -0.1) is 0 Å². The molecule has 0 aliphatic rings. The molecular formula is C16H25FO3. The smallest absolute Gasteiger partial charge is 0.123 e. The minimum atomic E-state index is -0.772. The maximum atomic E-state index is 13.0. The highest BCUT2D eigenvalue weighted by Crippen LogP contribution is 2.27. The second-order valence-corrected chi connectivity index (χ2v) is 5.65. The van der Waals surface area contributed by atoms with E-state index >= 15 is 0 Å². The predicted octanol–water partition coefficient (Wildman–Crippen LogP) is 2.50. The van der Waals surface area contributed by atoms with Gasteiger partial charge in [0, 0.05) is 18.6 Å². The number of benzene rings is 1. The standard InChI is InChI=1S/C16H25FO3/c1-13(2)7-9-20-10-8-16(11-18,12-19)14-3-5-15(17)6-4-14/h3-6,13,18-19H,7-12H2,1-2H3. The number of rotatable bonds is 9. The molecular weight excluding hydrogens is 259 g/mol.